The quantitative estimate of drug-likeness (QED) is 0.855. The first-order valence-corrected chi connectivity index (χ1v) is 5.80. The molecule has 1 saturated carbocycles. The molecule has 2 aromatic heterocycles. The Morgan fingerprint density at radius 1 is 1.50 bits per heavy atom. The Hall–Kier alpha value is -1.58. The molecule has 3 rings (SSSR count). The van der Waals surface area contributed by atoms with Gasteiger partial charge in [0.15, 0.2) is 0 Å². The standard InChI is InChI=1S/C12H16N4/c1-2-12(4-5-12)8-16-10-3-6-14-7-9(10)15-11(16)13/h3,6-7H,2,4-5,8H2,1H3,(H2,13,15). The van der Waals surface area contributed by atoms with Crippen LogP contribution in [0.4, 0.5) is 5.95 Å². The Balaban J connectivity index is 2.05. The van der Waals surface area contributed by atoms with Crippen molar-refractivity contribution in [3.63, 3.8) is 0 Å². The number of imidazole rings is 1. The Kier molecular flexibility index (Phi) is 1.93. The summed E-state index contributed by atoms with van der Waals surface area (Å²) < 4.78 is 2.13. The summed E-state index contributed by atoms with van der Waals surface area (Å²) >= 11 is 0. The van der Waals surface area contributed by atoms with E-state index in [0.29, 0.717) is 11.4 Å². The van der Waals surface area contributed by atoms with Gasteiger partial charge in [-0.25, -0.2) is 4.98 Å². The highest BCUT2D eigenvalue weighted by molar-refractivity contribution is 5.77. The van der Waals surface area contributed by atoms with Crippen LogP contribution in [-0.2, 0) is 6.54 Å². The van der Waals surface area contributed by atoms with E-state index < -0.39 is 0 Å². The van der Waals surface area contributed by atoms with Gasteiger partial charge in [-0.15, -0.1) is 0 Å². The van der Waals surface area contributed by atoms with Crippen molar-refractivity contribution >= 4 is 17.0 Å². The summed E-state index contributed by atoms with van der Waals surface area (Å²) in [4.78, 5) is 8.41. The van der Waals surface area contributed by atoms with E-state index in [1.807, 2.05) is 6.07 Å². The summed E-state index contributed by atoms with van der Waals surface area (Å²) in [5, 5.41) is 0. The maximum Gasteiger partial charge on any atom is 0.201 e. The SMILES string of the molecule is CCC1(Cn2c(N)nc3cnccc32)CC1. The lowest BCUT2D eigenvalue weighted by atomic mass is 10.0. The van der Waals surface area contributed by atoms with Gasteiger partial charge in [0.2, 0.25) is 5.95 Å². The van der Waals surface area contributed by atoms with Gasteiger partial charge in [0.1, 0.15) is 5.52 Å². The Morgan fingerprint density at radius 3 is 3.00 bits per heavy atom. The number of nitrogens with two attached hydrogens (primary N) is 1. The van der Waals surface area contributed by atoms with Crippen molar-refractivity contribution in [3.05, 3.63) is 18.5 Å². The summed E-state index contributed by atoms with van der Waals surface area (Å²) in [6.07, 6.45) is 7.41. The van der Waals surface area contributed by atoms with Crippen LogP contribution in [-0.4, -0.2) is 14.5 Å². The van der Waals surface area contributed by atoms with Gasteiger partial charge in [0.05, 0.1) is 11.7 Å². The van der Waals surface area contributed by atoms with E-state index in [-0.39, 0.29) is 0 Å². The molecule has 16 heavy (non-hydrogen) atoms. The molecule has 2 N–H and O–H groups in total. The minimum absolute atomic E-state index is 0.477. The molecule has 1 fully saturated rings. The molecule has 0 aromatic carbocycles. The first kappa shape index (κ1) is 9.63. The Morgan fingerprint density at radius 2 is 2.31 bits per heavy atom. The van der Waals surface area contributed by atoms with E-state index in [1.54, 1.807) is 12.4 Å². The van der Waals surface area contributed by atoms with E-state index in [9.17, 15) is 0 Å². The molecule has 2 aromatic rings. The fraction of sp³-hybridized carbons (Fsp3) is 0.500. The monoisotopic (exact) mass is 216 g/mol. The van der Waals surface area contributed by atoms with Crippen LogP contribution in [0.5, 0.6) is 0 Å². The van der Waals surface area contributed by atoms with Gasteiger partial charge in [-0.3, -0.25) is 4.98 Å². The van der Waals surface area contributed by atoms with E-state index >= 15 is 0 Å². The number of hydrogen-bond donors (Lipinski definition) is 1. The number of aromatic nitrogens is 3. The lowest BCUT2D eigenvalue weighted by Gasteiger charge is -2.14. The summed E-state index contributed by atoms with van der Waals surface area (Å²) in [5.41, 5.74) is 8.44. The van der Waals surface area contributed by atoms with Crippen molar-refractivity contribution in [3.8, 4) is 0 Å². The molecule has 2 heterocycles. The minimum Gasteiger partial charge on any atom is -0.369 e. The first-order valence-electron chi connectivity index (χ1n) is 5.80. The van der Waals surface area contributed by atoms with Gasteiger partial charge in [-0.05, 0) is 30.7 Å². The molecule has 0 aliphatic heterocycles. The summed E-state index contributed by atoms with van der Waals surface area (Å²) in [6, 6.07) is 1.99. The fourth-order valence-electron chi connectivity index (χ4n) is 2.30. The molecule has 0 amide bonds. The minimum atomic E-state index is 0.477. The lowest BCUT2D eigenvalue weighted by Crippen LogP contribution is -2.12. The second-order valence-electron chi connectivity index (χ2n) is 4.77. The van der Waals surface area contributed by atoms with E-state index in [1.165, 1.54) is 19.3 Å². The first-order chi connectivity index (χ1) is 7.74. The molecule has 4 nitrogen and oxygen atoms in total. The van der Waals surface area contributed by atoms with Crippen LogP contribution in [0.2, 0.25) is 0 Å². The van der Waals surface area contributed by atoms with Crippen LogP contribution in [0.3, 0.4) is 0 Å². The van der Waals surface area contributed by atoms with Gasteiger partial charge in [-0.2, -0.15) is 0 Å². The van der Waals surface area contributed by atoms with Crippen molar-refractivity contribution < 1.29 is 0 Å². The largest absolute Gasteiger partial charge is 0.369 e. The number of fused-ring (bicyclic) bond motifs is 1. The summed E-state index contributed by atoms with van der Waals surface area (Å²) in [6.45, 7) is 3.25. The number of rotatable bonds is 3. The van der Waals surface area contributed by atoms with Gasteiger partial charge in [-0.1, -0.05) is 6.92 Å². The van der Waals surface area contributed by atoms with Gasteiger partial charge in [0.25, 0.3) is 0 Å². The summed E-state index contributed by atoms with van der Waals surface area (Å²) in [7, 11) is 0. The lowest BCUT2D eigenvalue weighted by molar-refractivity contribution is 0.418. The number of pyridine rings is 1. The van der Waals surface area contributed by atoms with E-state index in [4.69, 9.17) is 5.73 Å². The molecule has 0 unspecified atom stereocenters. The maximum absolute atomic E-state index is 5.97. The third-order valence-corrected chi connectivity index (χ3v) is 3.78. The van der Waals surface area contributed by atoms with Crippen molar-refractivity contribution in [1.29, 1.82) is 0 Å². The highest BCUT2D eigenvalue weighted by Gasteiger charge is 2.41. The highest BCUT2D eigenvalue weighted by atomic mass is 15.2. The molecular weight excluding hydrogens is 200 g/mol. The predicted molar refractivity (Wildman–Crippen MR) is 63.9 cm³/mol. The number of nitrogen functional groups attached to an aromatic ring is 1. The normalized spacial score (nSPS) is 17.8. The Bertz CT molecular complexity index is 525. The van der Waals surface area contributed by atoms with Crippen LogP contribution in [0, 0.1) is 5.41 Å². The number of anilines is 1. The average molecular weight is 216 g/mol. The molecule has 1 aliphatic carbocycles. The molecule has 0 atom stereocenters. The fourth-order valence-corrected chi connectivity index (χ4v) is 2.30. The van der Waals surface area contributed by atoms with Gasteiger partial charge < -0.3 is 10.3 Å². The van der Waals surface area contributed by atoms with Crippen LogP contribution in [0.1, 0.15) is 26.2 Å². The zero-order chi connectivity index (χ0) is 11.2. The van der Waals surface area contributed by atoms with Gasteiger partial charge >= 0.3 is 0 Å². The smallest absolute Gasteiger partial charge is 0.201 e. The van der Waals surface area contributed by atoms with Crippen molar-refractivity contribution in [2.75, 3.05) is 5.73 Å². The van der Waals surface area contributed by atoms with Crippen molar-refractivity contribution in [2.45, 2.75) is 32.7 Å². The maximum atomic E-state index is 5.97. The molecule has 0 saturated heterocycles. The zero-order valence-corrected chi connectivity index (χ0v) is 9.48. The van der Waals surface area contributed by atoms with Gasteiger partial charge in [0, 0.05) is 12.7 Å². The third-order valence-electron chi connectivity index (χ3n) is 3.78. The average Bonchev–Trinajstić information content (AvgIpc) is 3.01. The molecule has 0 radical (unpaired) electrons. The highest BCUT2D eigenvalue weighted by Crippen LogP contribution is 2.50. The second kappa shape index (κ2) is 3.20. The zero-order valence-electron chi connectivity index (χ0n) is 9.48. The third kappa shape index (κ3) is 1.37. The summed E-state index contributed by atoms with van der Waals surface area (Å²) in [5.74, 6) is 0.614. The van der Waals surface area contributed by atoms with E-state index in [2.05, 4.69) is 21.5 Å². The molecular formula is C12H16N4. The number of hydrogen-bond acceptors (Lipinski definition) is 3. The van der Waals surface area contributed by atoms with Crippen LogP contribution < -0.4 is 5.73 Å². The number of nitrogens with zero attached hydrogens (tertiary/aromatic N) is 3. The van der Waals surface area contributed by atoms with Crippen LogP contribution in [0.25, 0.3) is 11.0 Å². The van der Waals surface area contributed by atoms with Crippen LogP contribution in [0.15, 0.2) is 18.5 Å². The topological polar surface area (TPSA) is 56.7 Å². The van der Waals surface area contributed by atoms with Crippen molar-refractivity contribution in [1.82, 2.24) is 14.5 Å². The van der Waals surface area contributed by atoms with Crippen molar-refractivity contribution in [2.24, 2.45) is 5.41 Å². The van der Waals surface area contributed by atoms with Crippen LogP contribution >= 0.6 is 0 Å². The Labute approximate surface area is 94.5 Å². The molecule has 0 spiro atoms. The molecule has 0 bridgehead atoms. The van der Waals surface area contributed by atoms with E-state index in [0.717, 1.165) is 17.6 Å². The molecule has 1 aliphatic rings. The molecule has 4 heteroatoms. The predicted octanol–water partition coefficient (Wildman–Crippen LogP) is 2.20. The molecule has 84 valence electrons. The second-order valence-corrected chi connectivity index (χ2v) is 4.77.